The number of carbonyl (C=O) groups excluding carboxylic acids is 1. The SMILES string of the molecule is CCN(C)/C=N/c1ccc(C(=O)OCc2cccc(C(F)(F)F)c2F)c(C)c1C(F)(F)F. The van der Waals surface area contributed by atoms with Crippen molar-refractivity contribution >= 4 is 18.0 Å². The van der Waals surface area contributed by atoms with Crippen LogP contribution < -0.4 is 0 Å². The molecule has 0 heterocycles. The van der Waals surface area contributed by atoms with Crippen LogP contribution in [0.3, 0.4) is 0 Å². The molecule has 0 amide bonds. The van der Waals surface area contributed by atoms with Crippen LogP contribution in [0.15, 0.2) is 35.3 Å². The molecule has 2 rings (SSSR count). The van der Waals surface area contributed by atoms with E-state index in [-0.39, 0.29) is 0 Å². The fourth-order valence-corrected chi connectivity index (χ4v) is 2.76. The number of alkyl halides is 6. The molecule has 0 N–H and O–H groups in total. The molecule has 2 aromatic carbocycles. The fraction of sp³-hybridized carbons (Fsp3) is 0.333. The van der Waals surface area contributed by atoms with E-state index < -0.39 is 64.3 Å². The molecule has 11 heteroatoms. The first-order valence-electron chi connectivity index (χ1n) is 9.24. The Bertz CT molecular complexity index is 1010. The van der Waals surface area contributed by atoms with E-state index in [1.165, 1.54) is 6.34 Å². The van der Waals surface area contributed by atoms with Crippen molar-refractivity contribution in [2.45, 2.75) is 32.8 Å². The number of hydrogen-bond donors (Lipinski definition) is 0. The Kier molecular flexibility index (Phi) is 7.53. The van der Waals surface area contributed by atoms with Crippen LogP contribution >= 0.6 is 0 Å². The molecule has 4 nitrogen and oxygen atoms in total. The molecule has 0 aliphatic rings. The maximum absolute atomic E-state index is 14.1. The number of hydrogen-bond acceptors (Lipinski definition) is 3. The molecule has 0 atom stereocenters. The molecule has 32 heavy (non-hydrogen) atoms. The van der Waals surface area contributed by atoms with Gasteiger partial charge in [0.15, 0.2) is 0 Å². The Morgan fingerprint density at radius 1 is 1.09 bits per heavy atom. The van der Waals surface area contributed by atoms with E-state index in [9.17, 15) is 35.5 Å². The van der Waals surface area contributed by atoms with Crippen molar-refractivity contribution in [2.24, 2.45) is 4.99 Å². The van der Waals surface area contributed by atoms with Crippen molar-refractivity contribution < 1.29 is 40.3 Å². The number of ether oxygens (including phenoxy) is 1. The van der Waals surface area contributed by atoms with Crippen molar-refractivity contribution in [1.29, 1.82) is 0 Å². The van der Waals surface area contributed by atoms with E-state index in [0.29, 0.717) is 12.6 Å². The number of rotatable bonds is 6. The van der Waals surface area contributed by atoms with Gasteiger partial charge < -0.3 is 9.64 Å². The lowest BCUT2D eigenvalue weighted by Gasteiger charge is -2.17. The third-order valence-corrected chi connectivity index (χ3v) is 4.58. The molecule has 0 saturated heterocycles. The summed E-state index contributed by atoms with van der Waals surface area (Å²) in [6, 6.07) is 4.48. The molecule has 0 aliphatic heterocycles. The topological polar surface area (TPSA) is 41.9 Å². The molecule has 0 unspecified atom stereocenters. The summed E-state index contributed by atoms with van der Waals surface area (Å²) in [7, 11) is 1.61. The highest BCUT2D eigenvalue weighted by Crippen LogP contribution is 2.40. The molecule has 2 aromatic rings. The van der Waals surface area contributed by atoms with Gasteiger partial charge >= 0.3 is 18.3 Å². The number of halogens is 7. The van der Waals surface area contributed by atoms with Crippen LogP contribution in [0, 0.1) is 12.7 Å². The lowest BCUT2D eigenvalue weighted by molar-refractivity contribution is -0.140. The number of benzene rings is 2. The zero-order chi connectivity index (χ0) is 24.3. The lowest BCUT2D eigenvalue weighted by atomic mass is 10.00. The van der Waals surface area contributed by atoms with Crippen LogP contribution in [0.25, 0.3) is 0 Å². The van der Waals surface area contributed by atoms with E-state index in [4.69, 9.17) is 4.74 Å². The molecule has 0 aliphatic carbocycles. The molecule has 0 radical (unpaired) electrons. The van der Waals surface area contributed by atoms with Crippen LogP contribution in [0.2, 0.25) is 0 Å². The second kappa shape index (κ2) is 9.58. The van der Waals surface area contributed by atoms with Crippen molar-refractivity contribution in [3.8, 4) is 0 Å². The number of carbonyl (C=O) groups is 1. The highest BCUT2D eigenvalue weighted by Gasteiger charge is 2.37. The van der Waals surface area contributed by atoms with Gasteiger partial charge in [0.1, 0.15) is 12.4 Å². The predicted molar refractivity (Wildman–Crippen MR) is 103 cm³/mol. The van der Waals surface area contributed by atoms with E-state index in [1.54, 1.807) is 18.9 Å². The van der Waals surface area contributed by atoms with Crippen molar-refractivity contribution in [3.05, 3.63) is 64.0 Å². The first kappa shape index (κ1) is 25.2. The molecular formula is C21H19F7N2O2. The summed E-state index contributed by atoms with van der Waals surface area (Å²) in [4.78, 5) is 17.7. The first-order valence-corrected chi connectivity index (χ1v) is 9.24. The highest BCUT2D eigenvalue weighted by molar-refractivity contribution is 5.92. The Hall–Kier alpha value is -3.11. The average Bonchev–Trinajstić information content (AvgIpc) is 2.69. The molecule has 0 aromatic heterocycles. The van der Waals surface area contributed by atoms with Gasteiger partial charge in [0.25, 0.3) is 0 Å². The minimum Gasteiger partial charge on any atom is -0.457 e. The minimum atomic E-state index is -4.95. The van der Waals surface area contributed by atoms with E-state index >= 15 is 0 Å². The first-order chi connectivity index (χ1) is 14.8. The summed E-state index contributed by atoms with van der Waals surface area (Å²) in [6.07, 6.45) is -8.59. The molecule has 0 bridgehead atoms. The Morgan fingerprint density at radius 2 is 1.75 bits per heavy atom. The molecule has 0 saturated carbocycles. The number of esters is 1. The van der Waals surface area contributed by atoms with Crippen LogP contribution in [0.1, 0.15) is 39.5 Å². The highest BCUT2D eigenvalue weighted by atomic mass is 19.4. The third kappa shape index (κ3) is 5.77. The quantitative estimate of drug-likeness (QED) is 0.223. The third-order valence-electron chi connectivity index (χ3n) is 4.58. The van der Waals surface area contributed by atoms with Gasteiger partial charge in [0.05, 0.1) is 28.7 Å². The Balaban J connectivity index is 2.35. The maximum Gasteiger partial charge on any atom is 0.419 e. The van der Waals surface area contributed by atoms with Crippen molar-refractivity contribution in [3.63, 3.8) is 0 Å². The van der Waals surface area contributed by atoms with Gasteiger partial charge in [0.2, 0.25) is 0 Å². The van der Waals surface area contributed by atoms with E-state index in [2.05, 4.69) is 4.99 Å². The summed E-state index contributed by atoms with van der Waals surface area (Å²) in [6.45, 7) is 2.43. The van der Waals surface area contributed by atoms with E-state index in [0.717, 1.165) is 31.2 Å². The summed E-state index contributed by atoms with van der Waals surface area (Å²) < 4.78 is 98.2. The van der Waals surface area contributed by atoms with Gasteiger partial charge in [-0.2, -0.15) is 26.3 Å². The smallest absolute Gasteiger partial charge is 0.419 e. The van der Waals surface area contributed by atoms with Gasteiger partial charge in [-0.15, -0.1) is 0 Å². The van der Waals surface area contributed by atoms with Crippen LogP contribution in [-0.4, -0.2) is 30.8 Å². The summed E-state index contributed by atoms with van der Waals surface area (Å²) >= 11 is 0. The lowest BCUT2D eigenvalue weighted by Crippen LogP contribution is -2.16. The molecule has 174 valence electrons. The van der Waals surface area contributed by atoms with Crippen molar-refractivity contribution in [1.82, 2.24) is 4.90 Å². The zero-order valence-corrected chi connectivity index (χ0v) is 17.2. The van der Waals surface area contributed by atoms with Gasteiger partial charge in [-0.3, -0.25) is 0 Å². The van der Waals surface area contributed by atoms with Gasteiger partial charge in [-0.05, 0) is 37.6 Å². The standard InChI is InChI=1S/C21H19F7N2O2/c1-4-30(3)11-29-16-9-8-14(12(2)17(16)21(26,27)28)19(31)32-10-13-6-5-7-15(18(13)22)20(23,24)25/h5-9,11H,4,10H2,1-3H3/b29-11+. The van der Waals surface area contributed by atoms with Gasteiger partial charge in [-0.25, -0.2) is 14.2 Å². The maximum atomic E-state index is 14.1. The summed E-state index contributed by atoms with van der Waals surface area (Å²) in [5, 5.41) is 0. The van der Waals surface area contributed by atoms with Gasteiger partial charge in [0, 0.05) is 19.2 Å². The number of nitrogens with zero attached hydrogens (tertiary/aromatic N) is 2. The van der Waals surface area contributed by atoms with E-state index in [1.807, 2.05) is 0 Å². The largest absolute Gasteiger partial charge is 0.457 e. The fourth-order valence-electron chi connectivity index (χ4n) is 2.76. The molecular weight excluding hydrogens is 445 g/mol. The van der Waals surface area contributed by atoms with Crippen LogP contribution in [0.4, 0.5) is 36.4 Å². The molecule has 0 fully saturated rings. The van der Waals surface area contributed by atoms with Crippen LogP contribution in [0.5, 0.6) is 0 Å². The number of aliphatic imine (C=N–C) groups is 1. The van der Waals surface area contributed by atoms with Gasteiger partial charge in [-0.1, -0.05) is 12.1 Å². The Labute approximate surface area is 179 Å². The zero-order valence-electron chi connectivity index (χ0n) is 17.2. The second-order valence-corrected chi connectivity index (χ2v) is 6.80. The van der Waals surface area contributed by atoms with Crippen LogP contribution in [-0.2, 0) is 23.7 Å². The average molecular weight is 464 g/mol. The minimum absolute atomic E-state index is 0.421. The molecule has 0 spiro atoms. The normalized spacial score (nSPS) is 12.3. The monoisotopic (exact) mass is 464 g/mol. The Morgan fingerprint density at radius 3 is 2.31 bits per heavy atom. The summed E-state index contributed by atoms with van der Waals surface area (Å²) in [5.41, 5.74) is -4.62. The summed E-state index contributed by atoms with van der Waals surface area (Å²) in [5.74, 6) is -2.86. The predicted octanol–water partition coefficient (Wildman–Crippen LogP) is 6.14. The van der Waals surface area contributed by atoms with Crippen molar-refractivity contribution in [2.75, 3.05) is 13.6 Å². The second-order valence-electron chi connectivity index (χ2n) is 6.80.